The Labute approximate surface area is 74.5 Å². The van der Waals surface area contributed by atoms with Gasteiger partial charge in [-0.2, -0.15) is 0 Å². The van der Waals surface area contributed by atoms with Crippen LogP contribution in [0, 0.1) is 11.3 Å². The molecule has 2 fully saturated rings. The van der Waals surface area contributed by atoms with Crippen LogP contribution in [0.25, 0.3) is 0 Å². The summed E-state index contributed by atoms with van der Waals surface area (Å²) in [6.07, 6.45) is 5.67. The molecule has 0 radical (unpaired) electrons. The summed E-state index contributed by atoms with van der Waals surface area (Å²) < 4.78 is 0. The van der Waals surface area contributed by atoms with Crippen LogP contribution in [-0.4, -0.2) is 11.2 Å². The summed E-state index contributed by atoms with van der Waals surface area (Å²) in [5.74, 6) is 0.513. The lowest BCUT2D eigenvalue weighted by Crippen LogP contribution is -2.36. The van der Waals surface area contributed by atoms with E-state index in [2.05, 4.69) is 13.5 Å². The van der Waals surface area contributed by atoms with Gasteiger partial charge in [0.25, 0.3) is 0 Å². The van der Waals surface area contributed by atoms with Gasteiger partial charge in [-0.1, -0.05) is 19.1 Å². The number of hydrogen-bond donors (Lipinski definition) is 1. The van der Waals surface area contributed by atoms with Gasteiger partial charge >= 0.3 is 0 Å². The summed E-state index contributed by atoms with van der Waals surface area (Å²) in [4.78, 5) is 0. The predicted octanol–water partition coefficient (Wildman–Crippen LogP) is 2.50. The third kappa shape index (κ3) is 0.957. The van der Waals surface area contributed by atoms with Gasteiger partial charge in [-0.05, 0) is 43.4 Å². The summed E-state index contributed by atoms with van der Waals surface area (Å²) in [6.45, 7) is 6.42. The fourth-order valence-electron chi connectivity index (χ4n) is 3.05. The van der Waals surface area contributed by atoms with Crippen LogP contribution in [0.3, 0.4) is 0 Å². The summed E-state index contributed by atoms with van der Waals surface area (Å²) in [6, 6.07) is 0. The van der Waals surface area contributed by atoms with Crippen molar-refractivity contribution >= 4 is 0 Å². The molecule has 3 unspecified atom stereocenters. The number of aliphatic hydroxyl groups is 1. The molecule has 2 aliphatic rings. The lowest BCUT2D eigenvalue weighted by Gasteiger charge is -2.40. The molecule has 0 heterocycles. The Morgan fingerprint density at radius 3 is 2.92 bits per heavy atom. The van der Waals surface area contributed by atoms with Gasteiger partial charge < -0.3 is 5.11 Å². The van der Waals surface area contributed by atoms with E-state index in [1.807, 2.05) is 0 Å². The number of allylic oxidation sites excluding steroid dienone is 1. The molecule has 2 rings (SSSR count). The van der Waals surface area contributed by atoms with Crippen LogP contribution in [0.5, 0.6) is 0 Å². The molecule has 0 aromatic carbocycles. The van der Waals surface area contributed by atoms with E-state index < -0.39 is 0 Å². The topological polar surface area (TPSA) is 20.2 Å². The van der Waals surface area contributed by atoms with Crippen molar-refractivity contribution in [3.05, 3.63) is 12.2 Å². The van der Waals surface area contributed by atoms with Crippen molar-refractivity contribution in [2.75, 3.05) is 0 Å². The van der Waals surface area contributed by atoms with Crippen molar-refractivity contribution in [2.45, 2.75) is 45.1 Å². The second kappa shape index (κ2) is 2.59. The van der Waals surface area contributed by atoms with Crippen LogP contribution in [0.4, 0.5) is 0 Å². The maximum Gasteiger partial charge on any atom is 0.0576 e. The van der Waals surface area contributed by atoms with Gasteiger partial charge in [0.15, 0.2) is 0 Å². The highest BCUT2D eigenvalue weighted by molar-refractivity contribution is 5.19. The predicted molar refractivity (Wildman–Crippen MR) is 49.8 cm³/mol. The molecule has 68 valence electrons. The molecule has 3 atom stereocenters. The summed E-state index contributed by atoms with van der Waals surface area (Å²) in [5.41, 5.74) is 1.66. The SMILES string of the molecule is C=C1CCC2C(O)CCCC12C. The second-order valence-electron chi connectivity index (χ2n) is 4.63. The van der Waals surface area contributed by atoms with Gasteiger partial charge in [0, 0.05) is 0 Å². The monoisotopic (exact) mass is 166 g/mol. The molecule has 2 saturated carbocycles. The van der Waals surface area contributed by atoms with E-state index in [1.54, 1.807) is 0 Å². The fourth-order valence-corrected chi connectivity index (χ4v) is 3.05. The average molecular weight is 166 g/mol. The molecule has 1 N–H and O–H groups in total. The molecular formula is C11H18O. The Morgan fingerprint density at radius 1 is 1.50 bits per heavy atom. The Balaban J connectivity index is 2.26. The maximum absolute atomic E-state index is 9.82. The summed E-state index contributed by atoms with van der Waals surface area (Å²) in [7, 11) is 0. The molecule has 2 aliphatic carbocycles. The molecular weight excluding hydrogens is 148 g/mol. The molecule has 1 nitrogen and oxygen atoms in total. The number of rotatable bonds is 0. The first-order valence-corrected chi connectivity index (χ1v) is 5.01. The Morgan fingerprint density at radius 2 is 2.25 bits per heavy atom. The minimum atomic E-state index is -0.0528. The van der Waals surface area contributed by atoms with E-state index >= 15 is 0 Å². The highest BCUT2D eigenvalue weighted by Gasteiger charge is 2.46. The number of aliphatic hydroxyl groups excluding tert-OH is 1. The Bertz CT molecular complexity index is 209. The van der Waals surface area contributed by atoms with Gasteiger partial charge in [-0.3, -0.25) is 0 Å². The lowest BCUT2D eigenvalue weighted by molar-refractivity contribution is 0.0150. The lowest BCUT2D eigenvalue weighted by atomic mass is 9.67. The largest absolute Gasteiger partial charge is 0.393 e. The van der Waals surface area contributed by atoms with Crippen LogP contribution < -0.4 is 0 Å². The van der Waals surface area contributed by atoms with Crippen LogP contribution in [0.15, 0.2) is 12.2 Å². The number of fused-ring (bicyclic) bond motifs is 1. The molecule has 0 amide bonds. The van der Waals surface area contributed by atoms with Crippen LogP contribution in [0.1, 0.15) is 39.0 Å². The van der Waals surface area contributed by atoms with Crippen molar-refractivity contribution in [2.24, 2.45) is 11.3 Å². The minimum absolute atomic E-state index is 0.0528. The third-order valence-electron chi connectivity index (χ3n) is 4.04. The summed E-state index contributed by atoms with van der Waals surface area (Å²) in [5, 5.41) is 9.82. The first-order chi connectivity index (χ1) is 5.64. The van der Waals surface area contributed by atoms with E-state index in [0.29, 0.717) is 5.92 Å². The van der Waals surface area contributed by atoms with Gasteiger partial charge in [0.2, 0.25) is 0 Å². The first-order valence-electron chi connectivity index (χ1n) is 5.01. The smallest absolute Gasteiger partial charge is 0.0576 e. The van der Waals surface area contributed by atoms with Gasteiger partial charge in [-0.25, -0.2) is 0 Å². The van der Waals surface area contributed by atoms with E-state index in [0.717, 1.165) is 19.3 Å². The van der Waals surface area contributed by atoms with Crippen molar-refractivity contribution < 1.29 is 5.11 Å². The molecule has 0 aromatic rings. The van der Waals surface area contributed by atoms with Crippen molar-refractivity contribution in [3.63, 3.8) is 0 Å². The average Bonchev–Trinajstić information content (AvgIpc) is 2.30. The molecule has 0 bridgehead atoms. The van der Waals surface area contributed by atoms with Crippen molar-refractivity contribution in [1.82, 2.24) is 0 Å². The summed E-state index contributed by atoms with van der Waals surface area (Å²) >= 11 is 0. The van der Waals surface area contributed by atoms with Crippen LogP contribution in [0.2, 0.25) is 0 Å². The number of hydrogen-bond acceptors (Lipinski definition) is 1. The van der Waals surface area contributed by atoms with Crippen LogP contribution >= 0.6 is 0 Å². The molecule has 12 heavy (non-hydrogen) atoms. The first kappa shape index (κ1) is 8.31. The van der Waals surface area contributed by atoms with Crippen molar-refractivity contribution in [3.8, 4) is 0 Å². The standard InChI is InChI=1S/C11H18O/c1-8-5-6-9-10(12)4-3-7-11(8,9)2/h9-10,12H,1,3-7H2,2H3. The van der Waals surface area contributed by atoms with Crippen LogP contribution in [-0.2, 0) is 0 Å². The highest BCUT2D eigenvalue weighted by atomic mass is 16.3. The highest BCUT2D eigenvalue weighted by Crippen LogP contribution is 2.54. The zero-order valence-corrected chi connectivity index (χ0v) is 7.84. The Hall–Kier alpha value is -0.300. The van der Waals surface area contributed by atoms with E-state index in [1.165, 1.54) is 18.4 Å². The fraction of sp³-hybridized carbons (Fsp3) is 0.818. The van der Waals surface area contributed by atoms with E-state index in [-0.39, 0.29) is 11.5 Å². The third-order valence-corrected chi connectivity index (χ3v) is 4.04. The van der Waals surface area contributed by atoms with Crippen molar-refractivity contribution in [1.29, 1.82) is 0 Å². The maximum atomic E-state index is 9.82. The molecule has 0 aliphatic heterocycles. The van der Waals surface area contributed by atoms with E-state index in [9.17, 15) is 5.11 Å². The second-order valence-corrected chi connectivity index (χ2v) is 4.63. The normalized spacial score (nSPS) is 47.7. The van der Waals surface area contributed by atoms with Gasteiger partial charge in [0.1, 0.15) is 0 Å². The molecule has 0 spiro atoms. The Kier molecular flexibility index (Phi) is 1.80. The van der Waals surface area contributed by atoms with E-state index in [4.69, 9.17) is 0 Å². The molecule has 0 saturated heterocycles. The van der Waals surface area contributed by atoms with Gasteiger partial charge in [0.05, 0.1) is 6.10 Å². The quantitative estimate of drug-likeness (QED) is 0.548. The molecule has 1 heteroatoms. The zero-order chi connectivity index (χ0) is 8.77. The minimum Gasteiger partial charge on any atom is -0.393 e. The molecule has 0 aromatic heterocycles. The zero-order valence-electron chi connectivity index (χ0n) is 7.84. The van der Waals surface area contributed by atoms with Gasteiger partial charge in [-0.15, -0.1) is 0 Å².